The summed E-state index contributed by atoms with van der Waals surface area (Å²) in [5, 5.41) is 0. The van der Waals surface area contributed by atoms with Crippen LogP contribution in [0.3, 0.4) is 0 Å². The molecular weight excluding hydrogens is 282 g/mol. The highest BCUT2D eigenvalue weighted by atomic mass is 32.2. The first-order valence-electron chi connectivity index (χ1n) is 7.66. The lowest BCUT2D eigenvalue weighted by atomic mass is 9.99. The Morgan fingerprint density at radius 2 is 1.76 bits per heavy atom. The van der Waals surface area contributed by atoms with Crippen molar-refractivity contribution in [1.29, 1.82) is 0 Å². The first-order valence-corrected chi connectivity index (χ1v) is 8.84. The van der Waals surface area contributed by atoms with E-state index in [0.29, 0.717) is 5.92 Å². The molecule has 2 aliphatic rings. The number of hydrogen-bond donors (Lipinski definition) is 0. The molecule has 1 aromatic rings. The van der Waals surface area contributed by atoms with Crippen LogP contribution in [-0.2, 0) is 0 Å². The van der Waals surface area contributed by atoms with Crippen LogP contribution >= 0.6 is 11.9 Å². The van der Waals surface area contributed by atoms with Crippen molar-refractivity contribution in [3.05, 3.63) is 35.9 Å². The smallest absolute Gasteiger partial charge is 0.320 e. The van der Waals surface area contributed by atoms with Gasteiger partial charge in [-0.3, -0.25) is 0 Å². The van der Waals surface area contributed by atoms with Gasteiger partial charge in [-0.25, -0.2) is 9.10 Å². The molecule has 1 aromatic carbocycles. The van der Waals surface area contributed by atoms with E-state index in [1.165, 1.54) is 5.56 Å². The maximum atomic E-state index is 12.6. The largest absolute Gasteiger partial charge is 0.324 e. The molecule has 0 aliphatic carbocycles. The number of carbonyl (C=O) groups is 1. The molecule has 0 N–H and O–H groups in total. The Bertz CT molecular complexity index is 474. The Kier molecular flexibility index (Phi) is 4.70. The van der Waals surface area contributed by atoms with Crippen molar-refractivity contribution in [3.8, 4) is 0 Å². The van der Waals surface area contributed by atoms with Crippen molar-refractivity contribution in [2.75, 3.05) is 45.5 Å². The molecule has 1 atom stereocenters. The number of likely N-dealkylation sites (tertiary alicyclic amines) is 1. The predicted molar refractivity (Wildman–Crippen MR) is 87.4 cm³/mol. The van der Waals surface area contributed by atoms with Gasteiger partial charge in [-0.2, -0.15) is 0 Å². The van der Waals surface area contributed by atoms with Crippen molar-refractivity contribution in [2.24, 2.45) is 0 Å². The van der Waals surface area contributed by atoms with Gasteiger partial charge in [0.15, 0.2) is 0 Å². The summed E-state index contributed by atoms with van der Waals surface area (Å²) in [5.41, 5.74) is 1.36. The fraction of sp³-hybridized carbons (Fsp3) is 0.562. The highest BCUT2D eigenvalue weighted by Gasteiger charge is 2.31. The molecule has 2 amide bonds. The topological polar surface area (TPSA) is 26.8 Å². The number of urea groups is 1. The quantitative estimate of drug-likeness (QED) is 0.786. The van der Waals surface area contributed by atoms with Gasteiger partial charge >= 0.3 is 6.03 Å². The van der Waals surface area contributed by atoms with Crippen molar-refractivity contribution in [2.45, 2.75) is 12.3 Å². The van der Waals surface area contributed by atoms with E-state index in [9.17, 15) is 4.79 Å². The van der Waals surface area contributed by atoms with Crippen LogP contribution in [0.5, 0.6) is 0 Å². The fourth-order valence-corrected chi connectivity index (χ4v) is 3.72. The molecule has 0 aromatic heterocycles. The van der Waals surface area contributed by atoms with Gasteiger partial charge < -0.3 is 9.80 Å². The third-order valence-corrected chi connectivity index (χ3v) is 5.38. The Labute approximate surface area is 131 Å². The Morgan fingerprint density at radius 3 is 2.43 bits per heavy atom. The van der Waals surface area contributed by atoms with Gasteiger partial charge in [0.2, 0.25) is 0 Å². The molecule has 0 radical (unpaired) electrons. The molecule has 2 saturated heterocycles. The van der Waals surface area contributed by atoms with Crippen molar-refractivity contribution in [1.82, 2.24) is 14.1 Å². The Balaban J connectivity index is 1.55. The van der Waals surface area contributed by atoms with E-state index >= 15 is 0 Å². The molecule has 0 spiro atoms. The second-order valence-corrected chi connectivity index (χ2v) is 6.61. The van der Waals surface area contributed by atoms with Gasteiger partial charge in [-0.15, -0.1) is 0 Å². The van der Waals surface area contributed by atoms with Gasteiger partial charge in [0.1, 0.15) is 0 Å². The minimum atomic E-state index is 0.231. The molecule has 0 bridgehead atoms. The molecule has 4 nitrogen and oxygen atoms in total. The van der Waals surface area contributed by atoms with Gasteiger partial charge in [0.25, 0.3) is 0 Å². The summed E-state index contributed by atoms with van der Waals surface area (Å²) < 4.78 is 2.32. The number of amides is 2. The molecule has 0 saturated carbocycles. The van der Waals surface area contributed by atoms with E-state index in [2.05, 4.69) is 34.8 Å². The minimum absolute atomic E-state index is 0.231. The maximum absolute atomic E-state index is 12.6. The zero-order chi connectivity index (χ0) is 14.7. The lowest BCUT2D eigenvalue weighted by Crippen LogP contribution is -2.50. The molecule has 2 fully saturated rings. The summed E-state index contributed by atoms with van der Waals surface area (Å²) in [5.74, 6) is 0.502. The van der Waals surface area contributed by atoms with Crippen LogP contribution in [0.25, 0.3) is 0 Å². The summed E-state index contributed by atoms with van der Waals surface area (Å²) in [4.78, 5) is 16.6. The Morgan fingerprint density at radius 1 is 1.05 bits per heavy atom. The highest BCUT2D eigenvalue weighted by Crippen LogP contribution is 2.27. The van der Waals surface area contributed by atoms with E-state index in [1.54, 1.807) is 11.9 Å². The Hall–Kier alpha value is -1.20. The van der Waals surface area contributed by atoms with Crippen LogP contribution in [0.2, 0.25) is 0 Å². The van der Waals surface area contributed by atoms with Gasteiger partial charge in [0, 0.05) is 45.2 Å². The lowest BCUT2D eigenvalue weighted by Gasteiger charge is -2.35. The van der Waals surface area contributed by atoms with Crippen LogP contribution < -0.4 is 0 Å². The van der Waals surface area contributed by atoms with Crippen molar-refractivity contribution < 1.29 is 4.79 Å². The van der Waals surface area contributed by atoms with E-state index in [1.807, 2.05) is 15.9 Å². The molecular formula is C16H23N3OS. The summed E-state index contributed by atoms with van der Waals surface area (Å²) in [6, 6.07) is 10.8. The predicted octanol–water partition coefficient (Wildman–Crippen LogP) is 2.49. The summed E-state index contributed by atoms with van der Waals surface area (Å²) in [7, 11) is 0. The van der Waals surface area contributed by atoms with Crippen LogP contribution in [0.4, 0.5) is 4.79 Å². The lowest BCUT2D eigenvalue weighted by molar-refractivity contribution is 0.144. The normalized spacial score (nSPS) is 23.6. The van der Waals surface area contributed by atoms with Crippen molar-refractivity contribution >= 4 is 18.0 Å². The summed E-state index contributed by atoms with van der Waals surface area (Å²) in [6.07, 6.45) is 3.18. The maximum Gasteiger partial charge on any atom is 0.320 e. The third-order valence-electron chi connectivity index (χ3n) is 4.50. The van der Waals surface area contributed by atoms with E-state index in [-0.39, 0.29) is 6.03 Å². The number of piperazine rings is 1. The van der Waals surface area contributed by atoms with E-state index < -0.39 is 0 Å². The van der Waals surface area contributed by atoms with Gasteiger partial charge in [-0.1, -0.05) is 42.3 Å². The monoisotopic (exact) mass is 305 g/mol. The molecule has 2 heterocycles. The SMILES string of the molecule is CSN1CCN(C(=O)N2CCC(c3ccccc3)C2)CC1. The number of nitrogens with zero attached hydrogens (tertiary/aromatic N) is 3. The van der Waals surface area contributed by atoms with Gasteiger partial charge in [0.05, 0.1) is 0 Å². The summed E-state index contributed by atoms with van der Waals surface area (Å²) >= 11 is 1.77. The second kappa shape index (κ2) is 6.71. The molecule has 21 heavy (non-hydrogen) atoms. The number of hydrogen-bond acceptors (Lipinski definition) is 3. The van der Waals surface area contributed by atoms with Crippen molar-refractivity contribution in [3.63, 3.8) is 0 Å². The van der Waals surface area contributed by atoms with Crippen LogP contribution in [0, 0.1) is 0 Å². The van der Waals surface area contributed by atoms with Crippen LogP contribution in [0.15, 0.2) is 30.3 Å². The standard InChI is InChI=1S/C16H23N3OS/c1-21-19-11-9-17(10-12-19)16(20)18-8-7-15(13-18)14-5-3-2-4-6-14/h2-6,15H,7-13H2,1H3. The first-order chi connectivity index (χ1) is 10.3. The fourth-order valence-electron chi connectivity index (χ4n) is 3.19. The molecule has 3 rings (SSSR count). The molecule has 1 unspecified atom stereocenters. The van der Waals surface area contributed by atoms with E-state index in [4.69, 9.17) is 0 Å². The zero-order valence-corrected chi connectivity index (χ0v) is 13.4. The van der Waals surface area contributed by atoms with Crippen LogP contribution in [-0.4, -0.2) is 65.7 Å². The summed E-state index contributed by atoms with van der Waals surface area (Å²) in [6.45, 7) is 5.41. The van der Waals surface area contributed by atoms with Gasteiger partial charge in [-0.05, 0) is 18.2 Å². The molecule has 114 valence electrons. The molecule has 2 aliphatic heterocycles. The molecule has 5 heteroatoms. The van der Waals surface area contributed by atoms with Crippen LogP contribution in [0.1, 0.15) is 17.9 Å². The number of rotatable bonds is 2. The number of benzene rings is 1. The third kappa shape index (κ3) is 3.35. The number of carbonyl (C=O) groups excluding carboxylic acids is 1. The second-order valence-electron chi connectivity index (χ2n) is 5.72. The first kappa shape index (κ1) is 14.7. The highest BCUT2D eigenvalue weighted by molar-refractivity contribution is 7.96. The minimum Gasteiger partial charge on any atom is -0.324 e. The zero-order valence-electron chi connectivity index (χ0n) is 12.6. The average molecular weight is 305 g/mol. The average Bonchev–Trinajstić information content (AvgIpc) is 3.05. The van der Waals surface area contributed by atoms with E-state index in [0.717, 1.165) is 45.7 Å².